The number of allylic oxidation sites excluding steroid dienone is 4. The summed E-state index contributed by atoms with van der Waals surface area (Å²) in [6.07, 6.45) is 7.43. The molecule has 0 amide bonds. The van der Waals surface area contributed by atoms with Crippen molar-refractivity contribution in [3.05, 3.63) is 78.4 Å². The number of hydrogen-bond acceptors (Lipinski definition) is 0. The van der Waals surface area contributed by atoms with E-state index >= 15 is 0 Å². The first kappa shape index (κ1) is 18.3. The maximum absolute atomic E-state index is 2.56. The van der Waals surface area contributed by atoms with E-state index in [-0.39, 0.29) is 18.6 Å². The molecule has 1 unspecified atom stereocenters. The predicted octanol–water partition coefficient (Wildman–Crippen LogP) is 8.09. The molecule has 0 N–H and O–H groups in total. The summed E-state index contributed by atoms with van der Waals surface area (Å²) in [5, 5.41) is 8.26. The van der Waals surface area contributed by atoms with E-state index in [9.17, 15) is 0 Å². The first-order valence-electron chi connectivity index (χ1n) is 9.95. The number of rotatable bonds is 4. The fourth-order valence-electron chi connectivity index (χ4n) is 4.15. The molecule has 5 rings (SSSR count). The molecule has 0 nitrogen and oxygen atoms in total. The van der Waals surface area contributed by atoms with Gasteiger partial charge in [-0.1, -0.05) is 0 Å². The van der Waals surface area contributed by atoms with Crippen LogP contribution in [0.3, 0.4) is 0 Å². The second-order valence-corrected chi connectivity index (χ2v) is 20.3. The Morgan fingerprint density at radius 2 is 1.46 bits per heavy atom. The Labute approximate surface area is 177 Å². The molecule has 0 fully saturated rings. The summed E-state index contributed by atoms with van der Waals surface area (Å²) in [4.78, 5) is 0. The summed E-state index contributed by atoms with van der Waals surface area (Å²) in [5.41, 5.74) is 2.80. The van der Waals surface area contributed by atoms with Gasteiger partial charge >= 0.3 is 178 Å². The van der Waals surface area contributed by atoms with Crippen LogP contribution in [0.15, 0.2) is 72.8 Å². The van der Waals surface area contributed by atoms with E-state index in [0.29, 0.717) is 3.80 Å². The number of benzene rings is 4. The Morgan fingerprint density at radius 3 is 2.18 bits per heavy atom. The minimum atomic E-state index is -0.975. The minimum absolute atomic E-state index is 0.131. The van der Waals surface area contributed by atoms with Crippen LogP contribution >= 0.6 is 0 Å². The summed E-state index contributed by atoms with van der Waals surface area (Å²) >= 11 is 0.131. The Kier molecular flexibility index (Phi) is 4.20. The average Bonchev–Trinajstić information content (AvgIpc) is 3.06. The predicted molar refractivity (Wildman–Crippen MR) is 124 cm³/mol. The third kappa shape index (κ3) is 3.10. The van der Waals surface area contributed by atoms with Gasteiger partial charge in [-0.25, -0.2) is 0 Å². The van der Waals surface area contributed by atoms with Gasteiger partial charge < -0.3 is 0 Å². The van der Waals surface area contributed by atoms with Gasteiger partial charge in [0, 0.05) is 0 Å². The second kappa shape index (κ2) is 6.41. The van der Waals surface area contributed by atoms with E-state index in [1.54, 1.807) is 0 Å². The Morgan fingerprint density at radius 1 is 0.821 bits per heavy atom. The molecular formula is C26H26PtSi. The summed E-state index contributed by atoms with van der Waals surface area (Å²) in [5.74, 6) is 0. The molecule has 0 bridgehead atoms. The second-order valence-electron chi connectivity index (χ2n) is 9.27. The summed E-state index contributed by atoms with van der Waals surface area (Å²) in [7, 11) is -0.975. The van der Waals surface area contributed by atoms with Gasteiger partial charge in [-0.05, 0) is 0 Å². The van der Waals surface area contributed by atoms with Gasteiger partial charge in [-0.2, -0.15) is 0 Å². The molecule has 144 valence electrons. The average molecular weight is 562 g/mol. The third-order valence-electron chi connectivity index (χ3n) is 5.48. The first-order chi connectivity index (χ1) is 13.3. The van der Waals surface area contributed by atoms with Gasteiger partial charge in [0.15, 0.2) is 0 Å². The molecule has 0 saturated carbocycles. The van der Waals surface area contributed by atoms with Crippen LogP contribution in [0.5, 0.6) is 0 Å². The van der Waals surface area contributed by atoms with Crippen molar-refractivity contribution in [1.82, 2.24) is 0 Å². The topological polar surface area (TPSA) is 0 Å². The molecule has 28 heavy (non-hydrogen) atoms. The van der Waals surface area contributed by atoms with Crippen LogP contribution in [0.4, 0.5) is 0 Å². The van der Waals surface area contributed by atoms with Crippen molar-refractivity contribution in [3.8, 4) is 0 Å². The van der Waals surface area contributed by atoms with E-state index < -0.39 is 8.07 Å². The van der Waals surface area contributed by atoms with Crippen molar-refractivity contribution < 1.29 is 18.6 Å². The van der Waals surface area contributed by atoms with Crippen molar-refractivity contribution in [2.75, 3.05) is 0 Å². The molecule has 0 spiro atoms. The van der Waals surface area contributed by atoms with Crippen LogP contribution in [-0.2, 0) is 18.6 Å². The van der Waals surface area contributed by atoms with Crippen LogP contribution in [0.25, 0.3) is 37.9 Å². The normalized spacial score (nSPS) is 20.1. The third-order valence-corrected chi connectivity index (χ3v) is 17.1. The van der Waals surface area contributed by atoms with E-state index in [1.807, 2.05) is 0 Å². The Hall–Kier alpha value is -1.69. The van der Waals surface area contributed by atoms with Crippen LogP contribution in [0, 0.1) is 0 Å². The Balaban J connectivity index is 1.66. The number of hydrogen-bond donors (Lipinski definition) is 0. The fourth-order valence-corrected chi connectivity index (χ4v) is 12.0. The van der Waals surface area contributed by atoms with Crippen molar-refractivity contribution in [3.63, 3.8) is 0 Å². The van der Waals surface area contributed by atoms with Crippen LogP contribution < -0.4 is 0 Å². The standard InChI is InChI=1S/C22H15.C4H11Si.Pt/c1-14-5-6-18(13-14)19-11-9-17-8-7-15-3-2-4-16-10-12-20(19)22(17)21(15)16;1-5(2,3)4;/h2-13H,1H3;1H2,2-4H3;. The molecule has 4 aromatic carbocycles. The van der Waals surface area contributed by atoms with Gasteiger partial charge in [0.05, 0.1) is 0 Å². The molecule has 1 atom stereocenters. The molecule has 0 saturated heterocycles. The van der Waals surface area contributed by atoms with Crippen molar-refractivity contribution in [1.29, 1.82) is 0 Å². The van der Waals surface area contributed by atoms with E-state index in [2.05, 4.69) is 99.4 Å². The molecule has 0 aromatic heterocycles. The quantitative estimate of drug-likeness (QED) is 0.175. The van der Waals surface area contributed by atoms with E-state index in [1.165, 1.54) is 47.9 Å². The summed E-state index contributed by atoms with van der Waals surface area (Å²) in [6, 6.07) is 20.4. The van der Waals surface area contributed by atoms with Gasteiger partial charge in [0.25, 0.3) is 0 Å². The molecule has 2 heteroatoms. The van der Waals surface area contributed by atoms with Crippen molar-refractivity contribution in [2.45, 2.75) is 34.8 Å². The SMILES string of the molecule is C[C]1([Pt][CH2][Si](C)(C)C)C=CC(c2ccc3ccc4cccc5ccc2c3c45)=C1. The van der Waals surface area contributed by atoms with Gasteiger partial charge in [0.1, 0.15) is 0 Å². The molecular weight excluding hydrogens is 535 g/mol. The zero-order valence-corrected chi connectivity index (χ0v) is 20.2. The van der Waals surface area contributed by atoms with Crippen LogP contribution in [0.2, 0.25) is 27.9 Å². The molecule has 1 aliphatic rings. The van der Waals surface area contributed by atoms with E-state index in [0.717, 1.165) is 0 Å². The molecule has 0 heterocycles. The monoisotopic (exact) mass is 561 g/mol. The summed E-state index contributed by atoms with van der Waals surface area (Å²) in [6.45, 7) is 9.95. The van der Waals surface area contributed by atoms with Crippen LogP contribution in [-0.4, -0.2) is 8.07 Å². The molecule has 0 radical (unpaired) electrons. The zero-order chi connectivity index (χ0) is 19.5. The van der Waals surface area contributed by atoms with Gasteiger partial charge in [-0.3, -0.25) is 0 Å². The van der Waals surface area contributed by atoms with Crippen molar-refractivity contribution >= 4 is 46.0 Å². The Bertz CT molecular complexity index is 1240. The fraction of sp³-hybridized carbons (Fsp3) is 0.231. The maximum atomic E-state index is 2.56. The van der Waals surface area contributed by atoms with Gasteiger partial charge in [0.2, 0.25) is 0 Å². The van der Waals surface area contributed by atoms with E-state index in [4.69, 9.17) is 0 Å². The molecule has 0 aliphatic heterocycles. The zero-order valence-electron chi connectivity index (χ0n) is 17.0. The first-order valence-corrected chi connectivity index (χ1v) is 16.4. The molecule has 1 aliphatic carbocycles. The summed E-state index contributed by atoms with van der Waals surface area (Å²) < 4.78 is 1.79. The van der Waals surface area contributed by atoms with Crippen LogP contribution in [0.1, 0.15) is 12.5 Å². The van der Waals surface area contributed by atoms with Gasteiger partial charge in [-0.15, -0.1) is 0 Å². The molecule has 4 aromatic rings. The van der Waals surface area contributed by atoms with Crippen molar-refractivity contribution in [2.24, 2.45) is 0 Å².